The van der Waals surface area contributed by atoms with Gasteiger partial charge < -0.3 is 4.57 Å². The maximum absolute atomic E-state index is 12.1. The van der Waals surface area contributed by atoms with E-state index in [1.807, 2.05) is 0 Å². The number of nitrogens with zero attached hydrogens (tertiary/aromatic N) is 4. The van der Waals surface area contributed by atoms with Crippen molar-refractivity contribution in [1.29, 1.82) is 0 Å². The van der Waals surface area contributed by atoms with E-state index >= 15 is 0 Å². The Hall–Kier alpha value is -1.43. The molecule has 2 aromatic heterocycles. The van der Waals surface area contributed by atoms with Gasteiger partial charge in [0.05, 0.1) is 10.7 Å². The first kappa shape index (κ1) is 12.0. The van der Waals surface area contributed by atoms with Gasteiger partial charge in [0.25, 0.3) is 5.56 Å². The van der Waals surface area contributed by atoms with Crippen molar-refractivity contribution in [2.24, 2.45) is 5.92 Å². The molecule has 0 radical (unpaired) electrons. The molecule has 0 fully saturated rings. The molecule has 0 unspecified atom stereocenters. The Bertz CT molecular complexity index is 573. The molecule has 5 nitrogen and oxygen atoms in total. The normalized spacial score (nSPS) is 11.1. The summed E-state index contributed by atoms with van der Waals surface area (Å²) in [5, 5.41) is 4.06. The van der Waals surface area contributed by atoms with Gasteiger partial charge in [0, 0.05) is 25.1 Å². The van der Waals surface area contributed by atoms with Crippen molar-refractivity contribution in [2.45, 2.75) is 20.4 Å². The molecule has 0 atom stereocenters. The van der Waals surface area contributed by atoms with Crippen LogP contribution >= 0.6 is 15.9 Å². The van der Waals surface area contributed by atoms with Gasteiger partial charge >= 0.3 is 0 Å². The largest absolute Gasteiger partial charge is 0.310 e. The van der Waals surface area contributed by atoms with Gasteiger partial charge in [-0.05, 0) is 21.8 Å². The molecule has 0 saturated heterocycles. The number of halogens is 1. The molecule has 0 aliphatic rings. The van der Waals surface area contributed by atoms with Gasteiger partial charge in [-0.1, -0.05) is 13.8 Å². The Labute approximate surface area is 107 Å². The molecule has 0 aliphatic heterocycles. The Morgan fingerprint density at radius 1 is 1.47 bits per heavy atom. The zero-order valence-corrected chi connectivity index (χ0v) is 11.3. The van der Waals surface area contributed by atoms with Gasteiger partial charge in [0.15, 0.2) is 0 Å². The quantitative estimate of drug-likeness (QED) is 0.868. The molecular weight excluding hydrogens is 284 g/mol. The minimum absolute atomic E-state index is 0.128. The Morgan fingerprint density at radius 2 is 2.24 bits per heavy atom. The van der Waals surface area contributed by atoms with Crippen molar-refractivity contribution in [1.82, 2.24) is 19.3 Å². The summed E-state index contributed by atoms with van der Waals surface area (Å²) in [5.41, 5.74) is -0.128. The molecule has 0 saturated carbocycles. The lowest BCUT2D eigenvalue weighted by Crippen LogP contribution is -2.27. The van der Waals surface area contributed by atoms with Crippen molar-refractivity contribution in [3.05, 3.63) is 39.6 Å². The molecule has 0 spiro atoms. The van der Waals surface area contributed by atoms with Crippen LogP contribution in [0.1, 0.15) is 13.8 Å². The summed E-state index contributed by atoms with van der Waals surface area (Å²) >= 11 is 3.29. The van der Waals surface area contributed by atoms with E-state index in [-0.39, 0.29) is 5.56 Å². The first-order valence-corrected chi connectivity index (χ1v) is 6.13. The van der Waals surface area contributed by atoms with E-state index in [1.54, 1.807) is 29.4 Å². The summed E-state index contributed by atoms with van der Waals surface area (Å²) in [6.07, 6.45) is 6.66. The van der Waals surface area contributed by atoms with Crippen molar-refractivity contribution in [2.75, 3.05) is 0 Å². The summed E-state index contributed by atoms with van der Waals surface area (Å²) < 4.78 is 3.95. The van der Waals surface area contributed by atoms with E-state index in [9.17, 15) is 4.79 Å². The highest BCUT2D eigenvalue weighted by atomic mass is 79.9. The number of rotatable bonds is 3. The molecule has 6 heteroatoms. The first-order valence-electron chi connectivity index (χ1n) is 5.34. The molecule has 0 amide bonds. The lowest BCUT2D eigenvalue weighted by molar-refractivity contribution is 0.506. The van der Waals surface area contributed by atoms with Gasteiger partial charge in [-0.15, -0.1) is 0 Å². The third-order valence-corrected chi connectivity index (χ3v) is 2.64. The average molecular weight is 297 g/mol. The van der Waals surface area contributed by atoms with Gasteiger partial charge in [-0.2, -0.15) is 5.10 Å². The average Bonchev–Trinajstić information content (AvgIpc) is 2.67. The van der Waals surface area contributed by atoms with Crippen LogP contribution in [0.3, 0.4) is 0 Å². The highest BCUT2D eigenvalue weighted by molar-refractivity contribution is 9.10. The zero-order chi connectivity index (χ0) is 12.4. The van der Waals surface area contributed by atoms with E-state index in [1.165, 1.54) is 4.68 Å². The molecule has 90 valence electrons. The molecule has 0 N–H and O–H groups in total. The van der Waals surface area contributed by atoms with Crippen LogP contribution in [0.4, 0.5) is 0 Å². The molecule has 2 rings (SSSR count). The standard InChI is InChI=1S/C11H13BrN4O/c1-8(2)6-15-4-3-13-10(11(15)17)16-7-9(12)5-14-16/h3-5,7-8H,6H2,1-2H3. The fraction of sp³-hybridized carbons (Fsp3) is 0.364. The smallest absolute Gasteiger partial charge is 0.295 e. The third kappa shape index (κ3) is 2.63. The second-order valence-corrected chi connectivity index (χ2v) is 5.12. The first-order chi connectivity index (χ1) is 8.08. The fourth-order valence-corrected chi connectivity index (χ4v) is 1.83. The van der Waals surface area contributed by atoms with E-state index < -0.39 is 0 Å². The molecule has 0 aliphatic carbocycles. The highest BCUT2D eigenvalue weighted by Crippen LogP contribution is 2.08. The molecule has 2 aromatic rings. The van der Waals surface area contributed by atoms with Crippen molar-refractivity contribution in [3.8, 4) is 5.82 Å². The molecule has 17 heavy (non-hydrogen) atoms. The van der Waals surface area contributed by atoms with Gasteiger partial charge in [0.2, 0.25) is 5.82 Å². The van der Waals surface area contributed by atoms with Crippen LogP contribution in [-0.4, -0.2) is 19.3 Å². The molecule has 0 aromatic carbocycles. The van der Waals surface area contributed by atoms with Crippen LogP contribution < -0.4 is 5.56 Å². The van der Waals surface area contributed by atoms with Gasteiger partial charge in [0.1, 0.15) is 0 Å². The summed E-state index contributed by atoms with van der Waals surface area (Å²) in [7, 11) is 0. The minimum Gasteiger partial charge on any atom is -0.310 e. The summed E-state index contributed by atoms with van der Waals surface area (Å²) in [6, 6.07) is 0. The SMILES string of the molecule is CC(C)Cn1ccnc(-n2cc(Br)cn2)c1=O. The third-order valence-electron chi connectivity index (χ3n) is 2.23. The maximum Gasteiger partial charge on any atom is 0.295 e. The van der Waals surface area contributed by atoms with E-state index in [0.29, 0.717) is 18.3 Å². The van der Waals surface area contributed by atoms with E-state index in [0.717, 1.165) is 4.47 Å². The van der Waals surface area contributed by atoms with Gasteiger partial charge in [-0.3, -0.25) is 4.79 Å². The zero-order valence-electron chi connectivity index (χ0n) is 9.67. The second kappa shape index (κ2) is 4.83. The van der Waals surface area contributed by atoms with Gasteiger partial charge in [-0.25, -0.2) is 9.67 Å². The Morgan fingerprint density at radius 3 is 2.82 bits per heavy atom. The lowest BCUT2D eigenvalue weighted by Gasteiger charge is -2.09. The number of hydrogen-bond acceptors (Lipinski definition) is 3. The Balaban J connectivity index is 2.46. The second-order valence-electron chi connectivity index (χ2n) is 4.21. The number of hydrogen-bond donors (Lipinski definition) is 0. The van der Waals surface area contributed by atoms with Crippen LogP contribution in [-0.2, 0) is 6.54 Å². The van der Waals surface area contributed by atoms with Crippen molar-refractivity contribution < 1.29 is 0 Å². The minimum atomic E-state index is -0.128. The molecule has 2 heterocycles. The highest BCUT2D eigenvalue weighted by Gasteiger charge is 2.08. The van der Waals surface area contributed by atoms with Crippen LogP contribution in [0, 0.1) is 5.92 Å². The topological polar surface area (TPSA) is 52.7 Å². The predicted molar refractivity (Wildman–Crippen MR) is 68.2 cm³/mol. The molecular formula is C11H13BrN4O. The number of aromatic nitrogens is 4. The molecule has 0 bridgehead atoms. The summed E-state index contributed by atoms with van der Waals surface area (Å²) in [4.78, 5) is 16.2. The van der Waals surface area contributed by atoms with Crippen LogP contribution in [0.2, 0.25) is 0 Å². The maximum atomic E-state index is 12.1. The van der Waals surface area contributed by atoms with E-state index in [4.69, 9.17) is 0 Å². The van der Waals surface area contributed by atoms with Crippen LogP contribution in [0.25, 0.3) is 5.82 Å². The lowest BCUT2D eigenvalue weighted by atomic mass is 10.2. The van der Waals surface area contributed by atoms with Crippen molar-refractivity contribution in [3.63, 3.8) is 0 Å². The van der Waals surface area contributed by atoms with Crippen LogP contribution in [0.5, 0.6) is 0 Å². The predicted octanol–water partition coefficient (Wildman–Crippen LogP) is 1.85. The van der Waals surface area contributed by atoms with E-state index in [2.05, 4.69) is 39.9 Å². The van der Waals surface area contributed by atoms with Crippen molar-refractivity contribution >= 4 is 15.9 Å². The monoisotopic (exact) mass is 296 g/mol. The summed E-state index contributed by atoms with van der Waals surface area (Å²) in [5.74, 6) is 0.728. The Kier molecular flexibility index (Phi) is 3.42. The van der Waals surface area contributed by atoms with Crippen LogP contribution in [0.15, 0.2) is 34.1 Å². The summed E-state index contributed by atoms with van der Waals surface area (Å²) in [6.45, 7) is 4.81. The fourth-order valence-electron chi connectivity index (χ4n) is 1.55.